The van der Waals surface area contributed by atoms with Crippen LogP contribution >= 0.6 is 11.8 Å². The molecule has 0 bridgehead atoms. The SMILES string of the molecule is CC[C@@H](N)c1ccc(Sc2nc(N)cc(N)n2)cn1. The molecule has 2 aromatic heterocycles. The lowest BCUT2D eigenvalue weighted by molar-refractivity contribution is 0.674. The smallest absolute Gasteiger partial charge is 0.196 e. The molecule has 0 aromatic carbocycles. The second kappa shape index (κ2) is 5.85. The van der Waals surface area contributed by atoms with Gasteiger partial charge >= 0.3 is 0 Å². The minimum absolute atomic E-state index is 0.0293. The van der Waals surface area contributed by atoms with Crippen molar-refractivity contribution in [3.8, 4) is 0 Å². The average Bonchev–Trinajstić information content (AvgIpc) is 2.37. The van der Waals surface area contributed by atoms with Crippen LogP contribution in [0.2, 0.25) is 0 Å². The van der Waals surface area contributed by atoms with Crippen molar-refractivity contribution in [2.75, 3.05) is 11.5 Å². The largest absolute Gasteiger partial charge is 0.383 e. The molecule has 0 aliphatic rings. The van der Waals surface area contributed by atoms with Crippen molar-refractivity contribution in [1.82, 2.24) is 15.0 Å². The fourth-order valence-electron chi connectivity index (χ4n) is 1.49. The number of nitrogen functional groups attached to an aromatic ring is 2. The highest BCUT2D eigenvalue weighted by Gasteiger charge is 2.07. The Morgan fingerprint density at radius 2 is 1.89 bits per heavy atom. The van der Waals surface area contributed by atoms with Crippen molar-refractivity contribution >= 4 is 23.4 Å². The molecule has 6 N–H and O–H groups in total. The molecule has 2 heterocycles. The molecule has 7 heteroatoms. The lowest BCUT2D eigenvalue weighted by Gasteiger charge is -2.08. The second-order valence-electron chi connectivity index (χ2n) is 4.04. The van der Waals surface area contributed by atoms with Gasteiger partial charge in [0.1, 0.15) is 11.6 Å². The highest BCUT2D eigenvalue weighted by molar-refractivity contribution is 7.99. The van der Waals surface area contributed by atoms with Crippen LogP contribution < -0.4 is 17.2 Å². The normalized spacial score (nSPS) is 12.3. The van der Waals surface area contributed by atoms with Gasteiger partial charge in [0.05, 0.1) is 5.69 Å². The molecule has 6 nitrogen and oxygen atoms in total. The van der Waals surface area contributed by atoms with E-state index in [9.17, 15) is 0 Å². The van der Waals surface area contributed by atoms with Gasteiger partial charge < -0.3 is 17.2 Å². The van der Waals surface area contributed by atoms with E-state index in [4.69, 9.17) is 17.2 Å². The molecule has 0 saturated heterocycles. The van der Waals surface area contributed by atoms with Crippen LogP contribution in [0, 0.1) is 0 Å². The molecule has 0 spiro atoms. The van der Waals surface area contributed by atoms with Crippen molar-refractivity contribution in [3.05, 3.63) is 30.1 Å². The molecule has 0 aliphatic heterocycles. The quantitative estimate of drug-likeness (QED) is 0.726. The van der Waals surface area contributed by atoms with Gasteiger partial charge in [-0.15, -0.1) is 0 Å². The molecule has 0 unspecified atom stereocenters. The molecule has 0 aliphatic carbocycles. The Labute approximate surface area is 115 Å². The summed E-state index contributed by atoms with van der Waals surface area (Å²) in [7, 11) is 0. The van der Waals surface area contributed by atoms with Gasteiger partial charge in [0, 0.05) is 23.2 Å². The number of hydrogen-bond donors (Lipinski definition) is 3. The number of anilines is 2. The van der Waals surface area contributed by atoms with E-state index >= 15 is 0 Å². The van der Waals surface area contributed by atoms with Gasteiger partial charge in [0.15, 0.2) is 5.16 Å². The molecule has 1 atom stereocenters. The predicted octanol–water partition coefficient (Wildman–Crippen LogP) is 1.60. The maximum absolute atomic E-state index is 5.91. The van der Waals surface area contributed by atoms with Crippen molar-refractivity contribution in [3.63, 3.8) is 0 Å². The second-order valence-corrected chi connectivity index (χ2v) is 5.08. The molecular formula is C12H16N6S. The van der Waals surface area contributed by atoms with Gasteiger partial charge in [-0.1, -0.05) is 6.92 Å². The third-order valence-electron chi connectivity index (χ3n) is 2.53. The Hall–Kier alpha value is -1.86. The Morgan fingerprint density at radius 1 is 1.21 bits per heavy atom. The summed E-state index contributed by atoms with van der Waals surface area (Å²) in [6.45, 7) is 2.03. The van der Waals surface area contributed by atoms with Crippen LogP contribution in [0.1, 0.15) is 25.1 Å². The molecule has 100 valence electrons. The first-order chi connectivity index (χ1) is 9.08. The molecule has 0 amide bonds. The van der Waals surface area contributed by atoms with E-state index in [1.165, 1.54) is 17.8 Å². The summed E-state index contributed by atoms with van der Waals surface area (Å²) in [5, 5.41) is 0.506. The molecule has 0 fully saturated rings. The zero-order valence-electron chi connectivity index (χ0n) is 10.6. The van der Waals surface area contributed by atoms with Gasteiger partial charge in [0.25, 0.3) is 0 Å². The van der Waals surface area contributed by atoms with E-state index < -0.39 is 0 Å². The summed E-state index contributed by atoms with van der Waals surface area (Å²) in [6.07, 6.45) is 2.60. The fraction of sp³-hybridized carbons (Fsp3) is 0.250. The Kier molecular flexibility index (Phi) is 4.18. The predicted molar refractivity (Wildman–Crippen MR) is 76.4 cm³/mol. The molecule has 0 radical (unpaired) electrons. The number of nitrogens with zero attached hydrogens (tertiary/aromatic N) is 3. The number of rotatable bonds is 4. The van der Waals surface area contributed by atoms with Gasteiger partial charge in [0.2, 0.25) is 0 Å². The van der Waals surface area contributed by atoms with Crippen LogP contribution in [-0.4, -0.2) is 15.0 Å². The minimum atomic E-state index is -0.0293. The van der Waals surface area contributed by atoms with Gasteiger partial charge in [-0.2, -0.15) is 0 Å². The number of hydrogen-bond acceptors (Lipinski definition) is 7. The van der Waals surface area contributed by atoms with Crippen LogP contribution in [0.5, 0.6) is 0 Å². The van der Waals surface area contributed by atoms with Crippen LogP contribution in [0.3, 0.4) is 0 Å². The number of nitrogens with two attached hydrogens (primary N) is 3. The standard InChI is InChI=1S/C12H16N6S/c1-2-8(13)9-4-3-7(6-16-9)19-12-17-10(14)5-11(15)18-12/h3-6,8H,2,13H2,1H3,(H4,14,15,17,18)/t8-/m1/s1. The fourth-order valence-corrected chi connectivity index (χ4v) is 2.25. The van der Waals surface area contributed by atoms with Crippen molar-refractivity contribution in [2.45, 2.75) is 29.4 Å². The van der Waals surface area contributed by atoms with Gasteiger partial charge in [-0.3, -0.25) is 4.98 Å². The third kappa shape index (κ3) is 3.55. The Bertz CT molecular complexity index is 536. The van der Waals surface area contributed by atoms with Crippen molar-refractivity contribution in [1.29, 1.82) is 0 Å². The monoisotopic (exact) mass is 276 g/mol. The van der Waals surface area contributed by atoms with Crippen LogP contribution in [-0.2, 0) is 0 Å². The van der Waals surface area contributed by atoms with Gasteiger partial charge in [-0.05, 0) is 30.3 Å². The van der Waals surface area contributed by atoms with Crippen LogP contribution in [0.25, 0.3) is 0 Å². The summed E-state index contributed by atoms with van der Waals surface area (Å²) < 4.78 is 0. The Morgan fingerprint density at radius 3 is 2.42 bits per heavy atom. The molecule has 2 rings (SSSR count). The molecule has 2 aromatic rings. The molecular weight excluding hydrogens is 260 g/mol. The van der Waals surface area contributed by atoms with E-state index in [0.717, 1.165) is 17.0 Å². The van der Waals surface area contributed by atoms with Gasteiger partial charge in [-0.25, -0.2) is 9.97 Å². The molecule has 19 heavy (non-hydrogen) atoms. The zero-order chi connectivity index (χ0) is 13.8. The minimum Gasteiger partial charge on any atom is -0.383 e. The third-order valence-corrected chi connectivity index (χ3v) is 3.38. The zero-order valence-corrected chi connectivity index (χ0v) is 11.4. The highest BCUT2D eigenvalue weighted by atomic mass is 32.2. The Balaban J connectivity index is 2.15. The number of aromatic nitrogens is 3. The number of pyridine rings is 1. The first-order valence-corrected chi connectivity index (χ1v) is 6.69. The summed E-state index contributed by atoms with van der Waals surface area (Å²) in [4.78, 5) is 13.4. The maximum Gasteiger partial charge on any atom is 0.196 e. The van der Waals surface area contributed by atoms with E-state index in [2.05, 4.69) is 15.0 Å². The lowest BCUT2D eigenvalue weighted by atomic mass is 10.1. The van der Waals surface area contributed by atoms with Crippen molar-refractivity contribution in [2.24, 2.45) is 5.73 Å². The van der Waals surface area contributed by atoms with E-state index in [0.29, 0.717) is 16.8 Å². The van der Waals surface area contributed by atoms with E-state index in [1.807, 2.05) is 19.1 Å². The average molecular weight is 276 g/mol. The first kappa shape index (κ1) is 13.6. The van der Waals surface area contributed by atoms with Crippen LogP contribution in [0.4, 0.5) is 11.6 Å². The van der Waals surface area contributed by atoms with E-state index in [-0.39, 0.29) is 6.04 Å². The molecule has 0 saturated carbocycles. The summed E-state index contributed by atoms with van der Waals surface area (Å²) in [6, 6.07) is 5.33. The summed E-state index contributed by atoms with van der Waals surface area (Å²) in [5.74, 6) is 0.708. The van der Waals surface area contributed by atoms with Crippen molar-refractivity contribution < 1.29 is 0 Å². The summed E-state index contributed by atoms with van der Waals surface area (Å²) in [5.41, 5.74) is 18.0. The summed E-state index contributed by atoms with van der Waals surface area (Å²) >= 11 is 1.36. The maximum atomic E-state index is 5.91. The van der Waals surface area contributed by atoms with Crippen LogP contribution in [0.15, 0.2) is 34.4 Å². The topological polar surface area (TPSA) is 117 Å². The lowest BCUT2D eigenvalue weighted by Crippen LogP contribution is -2.10. The highest BCUT2D eigenvalue weighted by Crippen LogP contribution is 2.26. The first-order valence-electron chi connectivity index (χ1n) is 5.88. The van der Waals surface area contributed by atoms with E-state index in [1.54, 1.807) is 6.20 Å².